The third-order valence-electron chi connectivity index (χ3n) is 4.62. The number of carbonyl (C=O) groups is 2. The maximum Gasteiger partial charge on any atom is 0.344 e. The van der Waals surface area contributed by atoms with Crippen molar-refractivity contribution in [1.82, 2.24) is 0 Å². The van der Waals surface area contributed by atoms with E-state index in [0.717, 1.165) is 0 Å². The molecule has 0 bridgehead atoms. The number of methoxy groups -OCH3 is 1. The molecular formula is C23H19N3O5. The zero-order valence-electron chi connectivity index (χ0n) is 16.8. The summed E-state index contributed by atoms with van der Waals surface area (Å²) in [5, 5.41) is 9.90. The van der Waals surface area contributed by atoms with Crippen LogP contribution in [0.5, 0.6) is 5.75 Å². The number of nitrogens with one attached hydrogen (secondary N) is 3. The molecule has 0 spiro atoms. The molecule has 8 heteroatoms. The van der Waals surface area contributed by atoms with Crippen molar-refractivity contribution in [2.75, 3.05) is 23.1 Å². The first-order valence-corrected chi connectivity index (χ1v) is 9.43. The molecular weight excluding hydrogens is 398 g/mol. The van der Waals surface area contributed by atoms with Crippen molar-refractivity contribution in [2.45, 2.75) is 6.92 Å². The fourth-order valence-electron chi connectivity index (χ4n) is 3.28. The topological polar surface area (TPSA) is 110 Å². The highest BCUT2D eigenvalue weighted by Crippen LogP contribution is 2.28. The lowest BCUT2D eigenvalue weighted by Gasteiger charge is -2.11. The summed E-state index contributed by atoms with van der Waals surface area (Å²) in [6, 6.07) is 16.4. The van der Waals surface area contributed by atoms with Crippen LogP contribution in [0.2, 0.25) is 0 Å². The molecule has 4 aromatic rings. The number of hydrogen-bond acceptors (Lipinski definition) is 5. The van der Waals surface area contributed by atoms with Crippen molar-refractivity contribution >= 4 is 50.7 Å². The third-order valence-corrected chi connectivity index (χ3v) is 4.62. The molecule has 0 unspecified atom stereocenters. The Kier molecular flexibility index (Phi) is 5.28. The third kappa shape index (κ3) is 4.32. The highest BCUT2D eigenvalue weighted by molar-refractivity contribution is 6.07. The van der Waals surface area contributed by atoms with Crippen LogP contribution in [0, 0.1) is 0 Å². The second-order valence-electron chi connectivity index (χ2n) is 6.85. The standard InChI is InChI=1S/C23H19N3O5/c1-13(27)24-14-4-3-5-15(10-14)25-23(29)26-16-6-9-21-20(11-16)19-12-17(30-2)7-8-18(19)22(28)31-21/h3-12H,1-2H3,(H,24,27)(H2,25,26,29). The normalized spacial score (nSPS) is 10.6. The predicted molar refractivity (Wildman–Crippen MR) is 120 cm³/mol. The van der Waals surface area contributed by atoms with Gasteiger partial charge in [0.1, 0.15) is 11.3 Å². The summed E-state index contributed by atoms with van der Waals surface area (Å²) in [4.78, 5) is 35.9. The summed E-state index contributed by atoms with van der Waals surface area (Å²) in [5.41, 5.74) is 1.57. The first kappa shape index (κ1) is 20.0. The van der Waals surface area contributed by atoms with Gasteiger partial charge in [-0.1, -0.05) is 6.07 Å². The number of rotatable bonds is 4. The van der Waals surface area contributed by atoms with Gasteiger partial charge in [-0.05, 0) is 54.6 Å². The fourth-order valence-corrected chi connectivity index (χ4v) is 3.28. The van der Waals surface area contributed by atoms with Crippen molar-refractivity contribution in [1.29, 1.82) is 0 Å². The van der Waals surface area contributed by atoms with Gasteiger partial charge < -0.3 is 25.1 Å². The van der Waals surface area contributed by atoms with Crippen LogP contribution in [0.3, 0.4) is 0 Å². The van der Waals surface area contributed by atoms with E-state index in [1.54, 1.807) is 67.8 Å². The zero-order valence-corrected chi connectivity index (χ0v) is 16.8. The van der Waals surface area contributed by atoms with E-state index in [4.69, 9.17) is 9.15 Å². The van der Waals surface area contributed by atoms with E-state index < -0.39 is 11.7 Å². The lowest BCUT2D eigenvalue weighted by atomic mass is 10.1. The van der Waals surface area contributed by atoms with Crippen LogP contribution in [0.4, 0.5) is 21.9 Å². The van der Waals surface area contributed by atoms with E-state index in [9.17, 15) is 14.4 Å². The summed E-state index contributed by atoms with van der Waals surface area (Å²) >= 11 is 0. The summed E-state index contributed by atoms with van der Waals surface area (Å²) in [7, 11) is 1.55. The van der Waals surface area contributed by atoms with Gasteiger partial charge in [0, 0.05) is 34.8 Å². The van der Waals surface area contributed by atoms with Crippen molar-refractivity contribution in [3.05, 3.63) is 71.1 Å². The molecule has 156 valence electrons. The number of benzene rings is 3. The van der Waals surface area contributed by atoms with Gasteiger partial charge in [0.05, 0.1) is 12.5 Å². The van der Waals surface area contributed by atoms with Gasteiger partial charge in [-0.15, -0.1) is 0 Å². The second-order valence-corrected chi connectivity index (χ2v) is 6.85. The lowest BCUT2D eigenvalue weighted by Crippen LogP contribution is -2.19. The average molecular weight is 417 g/mol. The first-order chi connectivity index (χ1) is 14.9. The fraction of sp³-hybridized carbons (Fsp3) is 0.0870. The van der Waals surface area contributed by atoms with E-state index in [1.165, 1.54) is 6.92 Å². The van der Waals surface area contributed by atoms with E-state index >= 15 is 0 Å². The van der Waals surface area contributed by atoms with Gasteiger partial charge >= 0.3 is 11.7 Å². The molecule has 1 aromatic heterocycles. The van der Waals surface area contributed by atoms with Crippen LogP contribution in [-0.4, -0.2) is 19.0 Å². The van der Waals surface area contributed by atoms with E-state index in [1.807, 2.05) is 0 Å². The van der Waals surface area contributed by atoms with Crippen LogP contribution in [0.25, 0.3) is 21.7 Å². The molecule has 0 saturated carbocycles. The number of hydrogen-bond donors (Lipinski definition) is 3. The van der Waals surface area contributed by atoms with E-state index in [0.29, 0.717) is 44.6 Å². The highest BCUT2D eigenvalue weighted by Gasteiger charge is 2.11. The van der Waals surface area contributed by atoms with Crippen LogP contribution >= 0.6 is 0 Å². The quantitative estimate of drug-likeness (QED) is 0.333. The molecule has 3 amide bonds. The number of fused-ring (bicyclic) bond motifs is 3. The zero-order chi connectivity index (χ0) is 22.0. The van der Waals surface area contributed by atoms with E-state index in [2.05, 4.69) is 16.0 Å². The number of anilines is 3. The smallest absolute Gasteiger partial charge is 0.344 e. The minimum Gasteiger partial charge on any atom is -0.497 e. The summed E-state index contributed by atoms with van der Waals surface area (Å²) < 4.78 is 10.7. The predicted octanol–water partition coefficient (Wildman–Crippen LogP) is 4.56. The molecule has 0 saturated heterocycles. The minimum atomic E-state index is -0.460. The Hall–Kier alpha value is -4.33. The molecule has 3 aromatic carbocycles. The van der Waals surface area contributed by atoms with Crippen LogP contribution in [0.1, 0.15) is 6.92 Å². The van der Waals surface area contributed by atoms with Gasteiger partial charge in [0.15, 0.2) is 0 Å². The summed E-state index contributed by atoms with van der Waals surface area (Å²) in [6.45, 7) is 1.41. The Bertz CT molecular complexity index is 1380. The molecule has 4 rings (SSSR count). The van der Waals surface area contributed by atoms with Gasteiger partial charge in [0.25, 0.3) is 0 Å². The number of ether oxygens (including phenoxy) is 1. The largest absolute Gasteiger partial charge is 0.497 e. The Balaban J connectivity index is 1.62. The maximum atomic E-state index is 12.5. The lowest BCUT2D eigenvalue weighted by molar-refractivity contribution is -0.114. The van der Waals surface area contributed by atoms with Crippen molar-refractivity contribution in [3.63, 3.8) is 0 Å². The number of carbonyl (C=O) groups excluding carboxylic acids is 2. The highest BCUT2D eigenvalue weighted by atomic mass is 16.5. The number of amides is 3. The van der Waals surface area contributed by atoms with Crippen molar-refractivity contribution < 1.29 is 18.7 Å². The first-order valence-electron chi connectivity index (χ1n) is 9.43. The maximum absolute atomic E-state index is 12.5. The van der Waals surface area contributed by atoms with Gasteiger partial charge in [-0.25, -0.2) is 9.59 Å². The average Bonchev–Trinajstić information content (AvgIpc) is 2.73. The molecule has 31 heavy (non-hydrogen) atoms. The Labute approximate surface area is 176 Å². The SMILES string of the molecule is COc1ccc2c(=O)oc3ccc(NC(=O)Nc4cccc(NC(C)=O)c4)cc3c2c1. The van der Waals surface area contributed by atoms with E-state index in [-0.39, 0.29) is 5.91 Å². The van der Waals surface area contributed by atoms with Gasteiger partial charge in [-0.3, -0.25) is 4.79 Å². The Morgan fingerprint density at radius 2 is 1.52 bits per heavy atom. The molecule has 0 atom stereocenters. The monoisotopic (exact) mass is 417 g/mol. The molecule has 0 radical (unpaired) electrons. The molecule has 0 fully saturated rings. The molecule has 0 aliphatic rings. The van der Waals surface area contributed by atoms with Gasteiger partial charge in [0.2, 0.25) is 5.91 Å². The summed E-state index contributed by atoms with van der Waals surface area (Å²) in [6.07, 6.45) is 0. The Morgan fingerprint density at radius 1 is 0.806 bits per heavy atom. The van der Waals surface area contributed by atoms with Crippen LogP contribution in [-0.2, 0) is 4.79 Å². The second kappa shape index (κ2) is 8.19. The molecule has 1 heterocycles. The minimum absolute atomic E-state index is 0.201. The van der Waals surface area contributed by atoms with Gasteiger partial charge in [-0.2, -0.15) is 0 Å². The van der Waals surface area contributed by atoms with Crippen LogP contribution < -0.4 is 26.3 Å². The van der Waals surface area contributed by atoms with Crippen molar-refractivity contribution in [3.8, 4) is 5.75 Å². The van der Waals surface area contributed by atoms with Crippen molar-refractivity contribution in [2.24, 2.45) is 0 Å². The molecule has 0 aliphatic carbocycles. The summed E-state index contributed by atoms with van der Waals surface area (Å²) in [5.74, 6) is 0.405. The number of urea groups is 1. The Morgan fingerprint density at radius 3 is 2.23 bits per heavy atom. The van der Waals surface area contributed by atoms with Crippen LogP contribution in [0.15, 0.2) is 69.9 Å². The molecule has 0 aliphatic heterocycles. The molecule has 3 N–H and O–H groups in total. The molecule has 8 nitrogen and oxygen atoms in total.